The molecule has 0 radical (unpaired) electrons. The summed E-state index contributed by atoms with van der Waals surface area (Å²) in [5.41, 5.74) is 0.528. The third-order valence-corrected chi connectivity index (χ3v) is 2.59. The van der Waals surface area contributed by atoms with Crippen LogP contribution in [0.25, 0.3) is 0 Å². The van der Waals surface area contributed by atoms with Gasteiger partial charge in [0.05, 0.1) is 6.10 Å². The van der Waals surface area contributed by atoms with Crippen LogP contribution in [0.2, 0.25) is 0 Å². The zero-order chi connectivity index (χ0) is 11.3. The Morgan fingerprint density at radius 3 is 2.60 bits per heavy atom. The topological polar surface area (TPSA) is 49.8 Å². The molecule has 1 N–H and O–H groups in total. The molecule has 0 aliphatic carbocycles. The molecule has 1 atom stereocenters. The predicted octanol–water partition coefficient (Wildman–Crippen LogP) is 1.55. The molecule has 15 heavy (non-hydrogen) atoms. The molecule has 0 aromatic heterocycles. The second-order valence-corrected chi connectivity index (χ2v) is 3.94. The average Bonchev–Trinajstić information content (AvgIpc) is 2.26. The van der Waals surface area contributed by atoms with E-state index in [0.29, 0.717) is 5.57 Å². The summed E-state index contributed by atoms with van der Waals surface area (Å²) in [6.07, 6.45) is 2.36. The number of hydrogen-bond donors (Lipinski definition) is 1. The van der Waals surface area contributed by atoms with Crippen molar-refractivity contribution in [1.29, 1.82) is 0 Å². The number of rotatable bonds is 3. The quantitative estimate of drug-likeness (QED) is 0.723. The molecule has 0 aromatic carbocycles. The van der Waals surface area contributed by atoms with Gasteiger partial charge in [0.1, 0.15) is 6.61 Å². The summed E-state index contributed by atoms with van der Waals surface area (Å²) in [7, 11) is 0. The first-order chi connectivity index (χ1) is 7.11. The smallest absolute Gasteiger partial charge is 0.410 e. The van der Waals surface area contributed by atoms with Gasteiger partial charge in [-0.15, -0.1) is 0 Å². The summed E-state index contributed by atoms with van der Waals surface area (Å²) in [5, 5.41) is 9.14. The molecule has 1 unspecified atom stereocenters. The second kappa shape index (κ2) is 5.75. The summed E-state index contributed by atoms with van der Waals surface area (Å²) in [5.74, 6) is 0. The van der Waals surface area contributed by atoms with Crippen LogP contribution in [0.1, 0.15) is 26.2 Å². The van der Waals surface area contributed by atoms with Crippen molar-refractivity contribution in [3.63, 3.8) is 0 Å². The second-order valence-electron chi connectivity index (χ2n) is 3.94. The van der Waals surface area contributed by atoms with E-state index >= 15 is 0 Å². The lowest BCUT2D eigenvalue weighted by Gasteiger charge is -2.26. The molecule has 0 aromatic rings. The molecule has 4 heteroatoms. The van der Waals surface area contributed by atoms with Crippen LogP contribution in [0.3, 0.4) is 0 Å². The Kier molecular flexibility index (Phi) is 4.62. The van der Waals surface area contributed by atoms with Crippen molar-refractivity contribution in [2.45, 2.75) is 32.3 Å². The Balaban J connectivity index is 2.26. The molecule has 1 fully saturated rings. The maximum absolute atomic E-state index is 11.5. The van der Waals surface area contributed by atoms with Gasteiger partial charge in [0, 0.05) is 13.1 Å². The molecule has 1 rings (SSSR count). The Morgan fingerprint density at radius 1 is 1.47 bits per heavy atom. The number of ether oxygens (including phenoxy) is 1. The molecular formula is C11H19NO3. The molecule has 1 heterocycles. The Labute approximate surface area is 90.5 Å². The number of piperidine rings is 1. The fraction of sp³-hybridized carbons (Fsp3) is 0.727. The van der Waals surface area contributed by atoms with Crippen molar-refractivity contribution in [3.8, 4) is 0 Å². The summed E-state index contributed by atoms with van der Waals surface area (Å²) in [4.78, 5) is 13.2. The number of carbonyl (C=O) groups excluding carboxylic acids is 1. The fourth-order valence-electron chi connectivity index (χ4n) is 1.44. The standard InChI is InChI=1S/C11H19NO3/c1-9(10(2)13)8-15-11(14)12-6-4-3-5-7-12/h10,13H,1,3-8H2,2H3. The lowest BCUT2D eigenvalue weighted by molar-refractivity contribution is 0.0967. The Morgan fingerprint density at radius 2 is 2.07 bits per heavy atom. The van der Waals surface area contributed by atoms with E-state index in [2.05, 4.69) is 6.58 Å². The first kappa shape index (κ1) is 12.0. The molecule has 0 saturated carbocycles. The van der Waals surface area contributed by atoms with Crippen LogP contribution >= 0.6 is 0 Å². The third-order valence-electron chi connectivity index (χ3n) is 2.59. The first-order valence-electron chi connectivity index (χ1n) is 5.38. The van der Waals surface area contributed by atoms with Gasteiger partial charge in [-0.25, -0.2) is 4.79 Å². The minimum atomic E-state index is -0.626. The van der Waals surface area contributed by atoms with E-state index < -0.39 is 6.10 Å². The zero-order valence-corrected chi connectivity index (χ0v) is 9.24. The van der Waals surface area contributed by atoms with Gasteiger partial charge in [-0.1, -0.05) is 6.58 Å². The molecule has 1 amide bonds. The Hall–Kier alpha value is -1.03. The SMILES string of the molecule is C=C(COC(=O)N1CCCCC1)C(C)O. The van der Waals surface area contributed by atoms with Crippen molar-refractivity contribution < 1.29 is 14.6 Å². The lowest BCUT2D eigenvalue weighted by Crippen LogP contribution is -2.36. The number of amides is 1. The van der Waals surface area contributed by atoms with E-state index in [9.17, 15) is 4.79 Å². The normalized spacial score (nSPS) is 18.4. The van der Waals surface area contributed by atoms with E-state index in [1.165, 1.54) is 6.42 Å². The molecule has 0 bridgehead atoms. The molecule has 1 aliphatic heterocycles. The molecule has 1 saturated heterocycles. The molecule has 0 spiro atoms. The highest BCUT2D eigenvalue weighted by Gasteiger charge is 2.18. The van der Waals surface area contributed by atoms with Crippen molar-refractivity contribution in [1.82, 2.24) is 4.90 Å². The van der Waals surface area contributed by atoms with Gasteiger partial charge in [-0.05, 0) is 31.8 Å². The van der Waals surface area contributed by atoms with Gasteiger partial charge >= 0.3 is 6.09 Å². The van der Waals surface area contributed by atoms with Crippen LogP contribution in [-0.2, 0) is 4.74 Å². The third kappa shape index (κ3) is 3.91. The Bertz CT molecular complexity index is 232. The summed E-state index contributed by atoms with van der Waals surface area (Å²) < 4.78 is 5.03. The fourth-order valence-corrected chi connectivity index (χ4v) is 1.44. The van der Waals surface area contributed by atoms with Crippen LogP contribution < -0.4 is 0 Å². The number of carbonyl (C=O) groups is 1. The van der Waals surface area contributed by atoms with Gasteiger partial charge in [-0.2, -0.15) is 0 Å². The number of hydrogen-bond acceptors (Lipinski definition) is 3. The molecule has 86 valence electrons. The average molecular weight is 213 g/mol. The number of aliphatic hydroxyl groups excluding tert-OH is 1. The highest BCUT2D eigenvalue weighted by molar-refractivity contribution is 5.67. The number of aliphatic hydroxyl groups is 1. The lowest BCUT2D eigenvalue weighted by atomic mass is 10.1. The van der Waals surface area contributed by atoms with Crippen LogP contribution in [0, 0.1) is 0 Å². The van der Waals surface area contributed by atoms with Gasteiger partial charge in [0.25, 0.3) is 0 Å². The maximum Gasteiger partial charge on any atom is 0.410 e. The van der Waals surface area contributed by atoms with E-state index in [1.807, 2.05) is 0 Å². The van der Waals surface area contributed by atoms with E-state index in [4.69, 9.17) is 9.84 Å². The summed E-state index contributed by atoms with van der Waals surface area (Å²) in [6.45, 7) is 6.89. The van der Waals surface area contributed by atoms with Crippen molar-refractivity contribution in [2.24, 2.45) is 0 Å². The molecular weight excluding hydrogens is 194 g/mol. The summed E-state index contributed by atoms with van der Waals surface area (Å²) in [6, 6.07) is 0. The monoisotopic (exact) mass is 213 g/mol. The predicted molar refractivity (Wildman–Crippen MR) is 57.6 cm³/mol. The van der Waals surface area contributed by atoms with Gasteiger partial charge in [0.2, 0.25) is 0 Å². The van der Waals surface area contributed by atoms with Crippen LogP contribution in [-0.4, -0.2) is 41.9 Å². The van der Waals surface area contributed by atoms with Crippen molar-refractivity contribution in [3.05, 3.63) is 12.2 Å². The zero-order valence-electron chi connectivity index (χ0n) is 9.24. The minimum absolute atomic E-state index is 0.104. The maximum atomic E-state index is 11.5. The highest BCUT2D eigenvalue weighted by Crippen LogP contribution is 2.10. The molecule has 1 aliphatic rings. The van der Waals surface area contributed by atoms with Gasteiger partial charge in [0.15, 0.2) is 0 Å². The first-order valence-corrected chi connectivity index (χ1v) is 5.38. The van der Waals surface area contributed by atoms with Crippen LogP contribution in [0.5, 0.6) is 0 Å². The van der Waals surface area contributed by atoms with Crippen molar-refractivity contribution in [2.75, 3.05) is 19.7 Å². The molecule has 4 nitrogen and oxygen atoms in total. The van der Waals surface area contributed by atoms with E-state index in [-0.39, 0.29) is 12.7 Å². The van der Waals surface area contributed by atoms with Crippen molar-refractivity contribution >= 4 is 6.09 Å². The van der Waals surface area contributed by atoms with E-state index in [1.54, 1.807) is 11.8 Å². The largest absolute Gasteiger partial charge is 0.445 e. The summed E-state index contributed by atoms with van der Waals surface area (Å²) >= 11 is 0. The van der Waals surface area contributed by atoms with Crippen LogP contribution in [0.4, 0.5) is 4.79 Å². The van der Waals surface area contributed by atoms with E-state index in [0.717, 1.165) is 25.9 Å². The van der Waals surface area contributed by atoms with Gasteiger partial charge in [-0.3, -0.25) is 0 Å². The van der Waals surface area contributed by atoms with Crippen LogP contribution in [0.15, 0.2) is 12.2 Å². The van der Waals surface area contributed by atoms with Gasteiger partial charge < -0.3 is 14.7 Å². The number of likely N-dealkylation sites (tertiary alicyclic amines) is 1. The minimum Gasteiger partial charge on any atom is -0.445 e. The highest BCUT2D eigenvalue weighted by atomic mass is 16.6. The number of nitrogens with zero attached hydrogens (tertiary/aromatic N) is 1.